The topological polar surface area (TPSA) is 57.3 Å². The van der Waals surface area contributed by atoms with E-state index in [1.165, 1.54) is 22.4 Å². The van der Waals surface area contributed by atoms with E-state index in [0.29, 0.717) is 13.3 Å². The Labute approximate surface area is 180 Å². The van der Waals surface area contributed by atoms with Crippen molar-refractivity contribution < 1.29 is 9.47 Å². The predicted molar refractivity (Wildman–Crippen MR) is 115 cm³/mol. The lowest BCUT2D eigenvalue weighted by Gasteiger charge is -2.21. The fourth-order valence-corrected chi connectivity index (χ4v) is 4.44. The Kier molecular flexibility index (Phi) is 4.28. The van der Waals surface area contributed by atoms with Gasteiger partial charge >= 0.3 is 0 Å². The number of rotatable bonds is 4. The van der Waals surface area contributed by atoms with Crippen LogP contribution in [-0.2, 0) is 33.2 Å². The van der Waals surface area contributed by atoms with E-state index in [0.717, 1.165) is 42.5 Å². The number of hydrogen-bond donors (Lipinski definition) is 0. The highest BCUT2D eigenvalue weighted by atomic mass is 16.7. The molecule has 2 aliphatic heterocycles. The van der Waals surface area contributed by atoms with Gasteiger partial charge in [0.15, 0.2) is 11.5 Å². The van der Waals surface area contributed by atoms with E-state index in [4.69, 9.17) is 14.6 Å². The van der Waals surface area contributed by atoms with E-state index in [9.17, 15) is 0 Å². The molecule has 7 heteroatoms. The van der Waals surface area contributed by atoms with Crippen molar-refractivity contribution in [3.05, 3.63) is 83.6 Å². The van der Waals surface area contributed by atoms with Gasteiger partial charge in [0.2, 0.25) is 6.79 Å². The molecular weight excluding hydrogens is 390 g/mol. The van der Waals surface area contributed by atoms with Gasteiger partial charge in [0.25, 0.3) is 0 Å². The summed E-state index contributed by atoms with van der Waals surface area (Å²) in [5.74, 6) is 1.65. The second-order valence-corrected chi connectivity index (χ2v) is 8.14. The molecule has 0 spiro atoms. The van der Waals surface area contributed by atoms with Gasteiger partial charge in [-0.3, -0.25) is 14.6 Å². The second-order valence-electron chi connectivity index (χ2n) is 8.14. The number of hydrogen-bond acceptors (Lipinski definition) is 5. The van der Waals surface area contributed by atoms with Crippen molar-refractivity contribution in [2.75, 3.05) is 6.79 Å². The van der Waals surface area contributed by atoms with Gasteiger partial charge in [0, 0.05) is 62.1 Å². The third-order valence-corrected chi connectivity index (χ3v) is 5.95. The minimum absolute atomic E-state index is 0.300. The summed E-state index contributed by atoms with van der Waals surface area (Å²) in [4.78, 5) is 6.90. The molecule has 4 aromatic rings. The van der Waals surface area contributed by atoms with Crippen LogP contribution in [0.2, 0.25) is 0 Å². The fourth-order valence-electron chi connectivity index (χ4n) is 4.44. The Morgan fingerprint density at radius 3 is 2.84 bits per heavy atom. The second kappa shape index (κ2) is 7.28. The normalized spacial score (nSPS) is 14.9. The Hall–Kier alpha value is -3.58. The summed E-state index contributed by atoms with van der Waals surface area (Å²) < 4.78 is 15.2. The predicted octanol–water partition coefficient (Wildman–Crippen LogP) is 3.58. The third-order valence-electron chi connectivity index (χ3n) is 5.95. The molecule has 7 nitrogen and oxygen atoms in total. The maximum atomic E-state index is 5.57. The average molecular weight is 413 g/mol. The molecule has 0 atom stereocenters. The van der Waals surface area contributed by atoms with Gasteiger partial charge in [-0.15, -0.1) is 0 Å². The fraction of sp³-hybridized carbons (Fsp3) is 0.250. The Morgan fingerprint density at radius 2 is 1.94 bits per heavy atom. The lowest BCUT2D eigenvalue weighted by atomic mass is 10.1. The molecule has 0 aliphatic carbocycles. The van der Waals surface area contributed by atoms with Crippen LogP contribution in [0, 0.1) is 0 Å². The molecule has 2 aliphatic rings. The van der Waals surface area contributed by atoms with Crippen LogP contribution in [-0.4, -0.2) is 31.0 Å². The standard InChI is InChI=1S/C24H23N5O2/c1-27-9-7-20-21(27)15-28(11-17-5-6-22-23(10-17)31-16-30-22)12-18-13-29(26-24(18)20)14-19-4-2-3-8-25-19/h2-10,13H,11-12,14-16H2,1H3. The molecule has 31 heavy (non-hydrogen) atoms. The molecule has 5 heterocycles. The number of benzene rings is 1. The lowest BCUT2D eigenvalue weighted by Crippen LogP contribution is -2.22. The van der Waals surface area contributed by atoms with E-state index in [-0.39, 0.29) is 0 Å². The van der Waals surface area contributed by atoms with Crippen LogP contribution in [0.5, 0.6) is 11.5 Å². The minimum atomic E-state index is 0.300. The Balaban J connectivity index is 1.33. The molecule has 0 amide bonds. The molecule has 0 N–H and O–H groups in total. The highest BCUT2D eigenvalue weighted by Gasteiger charge is 2.25. The van der Waals surface area contributed by atoms with Gasteiger partial charge in [0.05, 0.1) is 17.9 Å². The van der Waals surface area contributed by atoms with Crippen LogP contribution in [0.25, 0.3) is 11.3 Å². The molecule has 0 bridgehead atoms. The first kappa shape index (κ1) is 18.2. The van der Waals surface area contributed by atoms with Crippen LogP contribution in [0.1, 0.15) is 22.5 Å². The Bertz CT molecular complexity index is 1240. The van der Waals surface area contributed by atoms with Gasteiger partial charge in [-0.1, -0.05) is 12.1 Å². The maximum Gasteiger partial charge on any atom is 0.231 e. The van der Waals surface area contributed by atoms with Crippen molar-refractivity contribution in [3.63, 3.8) is 0 Å². The van der Waals surface area contributed by atoms with Crippen LogP contribution < -0.4 is 9.47 Å². The van der Waals surface area contributed by atoms with Gasteiger partial charge < -0.3 is 14.0 Å². The lowest BCUT2D eigenvalue weighted by molar-refractivity contribution is 0.174. The first-order chi connectivity index (χ1) is 15.2. The highest BCUT2D eigenvalue weighted by Crippen LogP contribution is 2.35. The number of aromatic nitrogens is 4. The van der Waals surface area contributed by atoms with E-state index in [2.05, 4.69) is 52.1 Å². The molecule has 1 aromatic carbocycles. The number of pyridine rings is 1. The van der Waals surface area contributed by atoms with Crippen LogP contribution in [0.4, 0.5) is 0 Å². The average Bonchev–Trinajstić information content (AvgIpc) is 3.46. The van der Waals surface area contributed by atoms with Crippen LogP contribution in [0.15, 0.2) is 61.1 Å². The SMILES string of the molecule is Cn1ccc2c1CN(Cc1ccc3c(c1)OCO3)Cc1cn(Cc3ccccn3)nc1-2. The number of fused-ring (bicyclic) bond motifs is 4. The van der Waals surface area contributed by atoms with E-state index in [1.807, 2.05) is 35.1 Å². The molecule has 3 aromatic heterocycles. The zero-order valence-corrected chi connectivity index (χ0v) is 17.4. The summed E-state index contributed by atoms with van der Waals surface area (Å²) in [5.41, 5.74) is 7.02. The molecule has 6 rings (SSSR count). The van der Waals surface area contributed by atoms with Crippen LogP contribution in [0.3, 0.4) is 0 Å². The molecule has 156 valence electrons. The van der Waals surface area contributed by atoms with E-state index < -0.39 is 0 Å². The smallest absolute Gasteiger partial charge is 0.231 e. The third kappa shape index (κ3) is 3.37. The van der Waals surface area contributed by atoms with Gasteiger partial charge in [-0.05, 0) is 35.9 Å². The van der Waals surface area contributed by atoms with Crippen molar-refractivity contribution in [2.24, 2.45) is 7.05 Å². The summed E-state index contributed by atoms with van der Waals surface area (Å²) in [7, 11) is 2.10. The monoisotopic (exact) mass is 413 g/mol. The highest BCUT2D eigenvalue weighted by molar-refractivity contribution is 5.66. The maximum absolute atomic E-state index is 5.57. The summed E-state index contributed by atoms with van der Waals surface area (Å²) in [6.07, 6.45) is 6.11. The summed E-state index contributed by atoms with van der Waals surface area (Å²) in [5, 5.41) is 4.95. The summed E-state index contributed by atoms with van der Waals surface area (Å²) in [6.45, 7) is 3.49. The molecule has 0 saturated carbocycles. The molecular formula is C24H23N5O2. The zero-order valence-electron chi connectivity index (χ0n) is 17.4. The number of aryl methyl sites for hydroxylation is 1. The van der Waals surface area contributed by atoms with E-state index >= 15 is 0 Å². The molecule has 0 fully saturated rings. The van der Waals surface area contributed by atoms with Gasteiger partial charge in [-0.2, -0.15) is 5.10 Å². The van der Waals surface area contributed by atoms with Crippen molar-refractivity contribution in [3.8, 4) is 22.8 Å². The Morgan fingerprint density at radius 1 is 1.00 bits per heavy atom. The first-order valence-electron chi connectivity index (χ1n) is 10.4. The van der Waals surface area contributed by atoms with Crippen molar-refractivity contribution in [2.45, 2.75) is 26.2 Å². The molecule has 0 unspecified atom stereocenters. The number of nitrogens with zero attached hydrogens (tertiary/aromatic N) is 5. The van der Waals surface area contributed by atoms with Crippen molar-refractivity contribution in [1.82, 2.24) is 24.2 Å². The van der Waals surface area contributed by atoms with E-state index in [1.54, 1.807) is 0 Å². The van der Waals surface area contributed by atoms with Crippen LogP contribution >= 0.6 is 0 Å². The first-order valence-corrected chi connectivity index (χ1v) is 10.4. The quantitative estimate of drug-likeness (QED) is 0.512. The zero-order chi connectivity index (χ0) is 20.8. The molecule has 0 saturated heterocycles. The minimum Gasteiger partial charge on any atom is -0.454 e. The number of ether oxygens (including phenoxy) is 2. The van der Waals surface area contributed by atoms with Crippen molar-refractivity contribution in [1.29, 1.82) is 0 Å². The largest absolute Gasteiger partial charge is 0.454 e. The molecule has 0 radical (unpaired) electrons. The van der Waals surface area contributed by atoms with Gasteiger partial charge in [-0.25, -0.2) is 0 Å². The van der Waals surface area contributed by atoms with Crippen molar-refractivity contribution >= 4 is 0 Å². The summed E-state index contributed by atoms with van der Waals surface area (Å²) in [6, 6.07) is 14.4. The van der Waals surface area contributed by atoms with Gasteiger partial charge in [0.1, 0.15) is 0 Å². The summed E-state index contributed by atoms with van der Waals surface area (Å²) >= 11 is 0.